The Kier molecular flexibility index (Phi) is 4.47. The van der Waals surface area contributed by atoms with Gasteiger partial charge in [0.15, 0.2) is 0 Å². The maximum atomic E-state index is 13.0. The highest BCUT2D eigenvalue weighted by Crippen LogP contribution is 2.32. The van der Waals surface area contributed by atoms with Crippen molar-refractivity contribution in [3.8, 4) is 0 Å². The van der Waals surface area contributed by atoms with Crippen molar-refractivity contribution in [1.82, 2.24) is 9.29 Å². The van der Waals surface area contributed by atoms with Crippen LogP contribution in [0.3, 0.4) is 0 Å². The number of amides is 1. The molecular weight excluding hydrogens is 338 g/mol. The molecule has 1 aromatic carbocycles. The summed E-state index contributed by atoms with van der Waals surface area (Å²) in [5, 5.41) is 0. The van der Waals surface area contributed by atoms with Crippen LogP contribution in [0.15, 0.2) is 29.3 Å². The molecule has 0 fully saturated rings. The molecule has 0 saturated heterocycles. The van der Waals surface area contributed by atoms with Gasteiger partial charge in [-0.3, -0.25) is 4.79 Å². The van der Waals surface area contributed by atoms with E-state index in [1.165, 1.54) is 37.5 Å². The van der Waals surface area contributed by atoms with Crippen molar-refractivity contribution < 1.29 is 13.2 Å². The van der Waals surface area contributed by atoms with E-state index in [4.69, 9.17) is 0 Å². The van der Waals surface area contributed by atoms with Crippen LogP contribution in [0.5, 0.6) is 0 Å². The molecule has 1 N–H and O–H groups in total. The van der Waals surface area contributed by atoms with Crippen molar-refractivity contribution in [2.45, 2.75) is 31.6 Å². The van der Waals surface area contributed by atoms with E-state index in [2.05, 4.69) is 18.0 Å². The van der Waals surface area contributed by atoms with E-state index in [0.717, 1.165) is 28.4 Å². The molecule has 25 heavy (non-hydrogen) atoms. The molecule has 0 atom stereocenters. The van der Waals surface area contributed by atoms with E-state index in [1.807, 2.05) is 13.0 Å². The Balaban J connectivity index is 1.98. The maximum Gasteiger partial charge on any atom is 0.274 e. The Morgan fingerprint density at radius 2 is 1.92 bits per heavy atom. The number of benzene rings is 1. The monoisotopic (exact) mass is 361 g/mol. The molecule has 1 aromatic heterocycles. The van der Waals surface area contributed by atoms with Crippen LogP contribution in [0.4, 0.5) is 5.69 Å². The Labute approximate surface area is 148 Å². The highest BCUT2D eigenvalue weighted by Gasteiger charge is 2.27. The third kappa shape index (κ3) is 3.09. The Hall–Kier alpha value is -2.12. The van der Waals surface area contributed by atoms with Gasteiger partial charge in [-0.15, -0.1) is 0 Å². The SMILES string of the molecule is Cc1cc(C)c2c(c1)N(C(=O)c1cc(S(=O)(=O)N(C)C)c[nH]1)CCC2. The zero-order chi connectivity index (χ0) is 18.4. The fraction of sp³-hybridized carbons (Fsp3) is 0.389. The van der Waals surface area contributed by atoms with Crippen molar-refractivity contribution in [2.75, 3.05) is 25.5 Å². The van der Waals surface area contributed by atoms with Crippen LogP contribution < -0.4 is 4.90 Å². The largest absolute Gasteiger partial charge is 0.356 e. The molecule has 7 heteroatoms. The number of carbonyl (C=O) groups excluding carboxylic acids is 1. The van der Waals surface area contributed by atoms with Crippen LogP contribution in [-0.4, -0.2) is 44.3 Å². The standard InChI is InChI=1S/C18H23N3O3S/c1-12-8-13(2)15-6-5-7-21(17(15)9-12)18(22)16-10-14(11-19-16)25(23,24)20(3)4/h8-11,19H,5-7H2,1-4H3. The number of carbonyl (C=O) groups is 1. The summed E-state index contributed by atoms with van der Waals surface area (Å²) in [4.78, 5) is 17.7. The molecule has 2 aromatic rings. The minimum atomic E-state index is -3.56. The minimum Gasteiger partial charge on any atom is -0.356 e. The van der Waals surface area contributed by atoms with Gasteiger partial charge >= 0.3 is 0 Å². The molecule has 0 aliphatic carbocycles. The molecule has 1 aliphatic heterocycles. The summed E-state index contributed by atoms with van der Waals surface area (Å²) in [6, 6.07) is 5.57. The van der Waals surface area contributed by atoms with Gasteiger partial charge in [-0.25, -0.2) is 12.7 Å². The molecule has 0 unspecified atom stereocenters. The predicted octanol–water partition coefficient (Wildman–Crippen LogP) is 2.47. The molecule has 134 valence electrons. The Bertz CT molecular complexity index is 929. The number of rotatable bonds is 3. The van der Waals surface area contributed by atoms with Gasteiger partial charge in [-0.05, 0) is 55.5 Å². The first-order valence-electron chi connectivity index (χ1n) is 8.24. The van der Waals surface area contributed by atoms with Gasteiger partial charge in [-0.2, -0.15) is 0 Å². The van der Waals surface area contributed by atoms with Crippen LogP contribution in [0, 0.1) is 13.8 Å². The number of fused-ring (bicyclic) bond motifs is 1. The lowest BCUT2D eigenvalue weighted by Crippen LogP contribution is -2.36. The van der Waals surface area contributed by atoms with Crippen LogP contribution >= 0.6 is 0 Å². The third-order valence-electron chi connectivity index (χ3n) is 4.60. The number of sulfonamides is 1. The van der Waals surface area contributed by atoms with E-state index in [9.17, 15) is 13.2 Å². The van der Waals surface area contributed by atoms with Crippen molar-refractivity contribution in [2.24, 2.45) is 0 Å². The van der Waals surface area contributed by atoms with Gasteiger partial charge < -0.3 is 9.88 Å². The van der Waals surface area contributed by atoms with E-state index in [0.29, 0.717) is 6.54 Å². The third-order valence-corrected chi connectivity index (χ3v) is 6.40. The van der Waals surface area contributed by atoms with Crippen LogP contribution in [0.2, 0.25) is 0 Å². The topological polar surface area (TPSA) is 73.5 Å². The van der Waals surface area contributed by atoms with Crippen LogP contribution in [0.1, 0.15) is 33.6 Å². The van der Waals surface area contributed by atoms with Gasteiger partial charge in [0.2, 0.25) is 10.0 Å². The lowest BCUT2D eigenvalue weighted by Gasteiger charge is -2.30. The summed E-state index contributed by atoms with van der Waals surface area (Å²) >= 11 is 0. The first-order valence-corrected chi connectivity index (χ1v) is 9.69. The second-order valence-electron chi connectivity index (χ2n) is 6.68. The highest BCUT2D eigenvalue weighted by molar-refractivity contribution is 7.89. The summed E-state index contributed by atoms with van der Waals surface area (Å²) in [5.74, 6) is -0.203. The lowest BCUT2D eigenvalue weighted by atomic mass is 9.95. The van der Waals surface area contributed by atoms with Crippen molar-refractivity contribution in [3.63, 3.8) is 0 Å². The van der Waals surface area contributed by atoms with Gasteiger partial charge in [0.25, 0.3) is 5.91 Å². The van der Waals surface area contributed by atoms with Crippen molar-refractivity contribution in [3.05, 3.63) is 46.8 Å². The van der Waals surface area contributed by atoms with E-state index < -0.39 is 10.0 Å². The Morgan fingerprint density at radius 1 is 1.20 bits per heavy atom. The normalized spacial score (nSPS) is 14.7. The van der Waals surface area contributed by atoms with Crippen molar-refractivity contribution >= 4 is 21.6 Å². The van der Waals surface area contributed by atoms with Crippen LogP contribution in [-0.2, 0) is 16.4 Å². The number of nitrogens with zero attached hydrogens (tertiary/aromatic N) is 2. The van der Waals surface area contributed by atoms with Gasteiger partial charge in [0, 0.05) is 32.5 Å². The molecule has 0 spiro atoms. The van der Waals surface area contributed by atoms with Gasteiger partial charge in [-0.1, -0.05) is 6.07 Å². The smallest absolute Gasteiger partial charge is 0.274 e. The summed E-state index contributed by atoms with van der Waals surface area (Å²) in [6.07, 6.45) is 3.22. The quantitative estimate of drug-likeness (QED) is 0.913. The molecule has 0 bridgehead atoms. The number of anilines is 1. The first-order chi connectivity index (χ1) is 11.7. The number of H-pyrrole nitrogens is 1. The summed E-state index contributed by atoms with van der Waals surface area (Å²) in [6.45, 7) is 4.71. The van der Waals surface area contributed by atoms with Gasteiger partial charge in [0.1, 0.15) is 10.6 Å². The lowest BCUT2D eigenvalue weighted by molar-refractivity contribution is 0.0981. The minimum absolute atomic E-state index is 0.0958. The first kappa shape index (κ1) is 17.7. The second-order valence-corrected chi connectivity index (χ2v) is 8.83. The van der Waals surface area contributed by atoms with Crippen LogP contribution in [0.25, 0.3) is 0 Å². The van der Waals surface area contributed by atoms with E-state index in [-0.39, 0.29) is 16.5 Å². The summed E-state index contributed by atoms with van der Waals surface area (Å²) < 4.78 is 25.6. The predicted molar refractivity (Wildman–Crippen MR) is 97.6 cm³/mol. The van der Waals surface area contributed by atoms with Gasteiger partial charge in [0.05, 0.1) is 0 Å². The highest BCUT2D eigenvalue weighted by atomic mass is 32.2. The number of aryl methyl sites for hydroxylation is 2. The molecule has 3 rings (SSSR count). The van der Waals surface area contributed by atoms with Crippen molar-refractivity contribution in [1.29, 1.82) is 0 Å². The fourth-order valence-corrected chi connectivity index (χ4v) is 4.19. The number of aromatic nitrogens is 1. The number of aromatic amines is 1. The molecule has 1 amide bonds. The Morgan fingerprint density at radius 3 is 2.60 bits per heavy atom. The molecule has 0 saturated carbocycles. The average molecular weight is 361 g/mol. The van der Waals surface area contributed by atoms with E-state index in [1.54, 1.807) is 4.90 Å². The van der Waals surface area contributed by atoms with E-state index >= 15 is 0 Å². The number of hydrogen-bond acceptors (Lipinski definition) is 3. The molecular formula is C18H23N3O3S. The number of hydrogen-bond donors (Lipinski definition) is 1. The number of nitrogens with one attached hydrogen (secondary N) is 1. The fourth-order valence-electron chi connectivity index (χ4n) is 3.29. The maximum absolute atomic E-state index is 13.0. The zero-order valence-electron chi connectivity index (χ0n) is 15.0. The second kappa shape index (κ2) is 6.31. The molecule has 2 heterocycles. The molecule has 1 aliphatic rings. The zero-order valence-corrected chi connectivity index (χ0v) is 15.8. The summed E-state index contributed by atoms with van der Waals surface area (Å²) in [7, 11) is -0.626. The average Bonchev–Trinajstić information content (AvgIpc) is 3.04. The molecule has 0 radical (unpaired) electrons. The molecule has 6 nitrogen and oxygen atoms in total. The summed E-state index contributed by atoms with van der Waals surface area (Å²) in [5.41, 5.74) is 4.71.